The number of unbranched alkanes of at least 4 members (excludes halogenated alkanes) is 1. The summed E-state index contributed by atoms with van der Waals surface area (Å²) in [5, 5.41) is 3.21. The highest BCUT2D eigenvalue weighted by Crippen LogP contribution is 2.34. The summed E-state index contributed by atoms with van der Waals surface area (Å²) in [6.07, 6.45) is -4.10. The van der Waals surface area contributed by atoms with Gasteiger partial charge >= 0.3 is 6.18 Å². The molecular formula is C14H18F3NO2. The predicted octanol–water partition coefficient (Wildman–Crippen LogP) is 3.80. The standard InChI is InChI=1S/C14H18F3NO2/c1-10(18-7-3-2-6-14(15,16)17)11-4-5-12-13(8-11)20-9-19-12/h4-5,8,10,18H,2-3,6-7,9H2,1H3. The van der Waals surface area contributed by atoms with Crippen molar-refractivity contribution in [1.82, 2.24) is 5.32 Å². The average molecular weight is 289 g/mol. The van der Waals surface area contributed by atoms with Crippen molar-refractivity contribution in [2.75, 3.05) is 13.3 Å². The molecule has 0 aliphatic carbocycles. The van der Waals surface area contributed by atoms with Gasteiger partial charge in [0.15, 0.2) is 11.5 Å². The Kier molecular flexibility index (Phi) is 4.75. The zero-order valence-corrected chi connectivity index (χ0v) is 11.3. The van der Waals surface area contributed by atoms with E-state index in [4.69, 9.17) is 9.47 Å². The van der Waals surface area contributed by atoms with Crippen LogP contribution in [0.25, 0.3) is 0 Å². The zero-order valence-electron chi connectivity index (χ0n) is 11.3. The van der Waals surface area contributed by atoms with Gasteiger partial charge in [-0.3, -0.25) is 0 Å². The smallest absolute Gasteiger partial charge is 0.389 e. The SMILES string of the molecule is CC(NCCCCC(F)(F)F)c1ccc2c(c1)OCO2. The van der Waals surface area contributed by atoms with E-state index in [1.807, 2.05) is 25.1 Å². The summed E-state index contributed by atoms with van der Waals surface area (Å²) >= 11 is 0. The Balaban J connectivity index is 1.73. The Morgan fingerprint density at radius 1 is 1.20 bits per heavy atom. The summed E-state index contributed by atoms with van der Waals surface area (Å²) in [5.41, 5.74) is 1.03. The molecule has 1 N–H and O–H groups in total. The van der Waals surface area contributed by atoms with Gasteiger partial charge in [0, 0.05) is 12.5 Å². The molecule has 1 unspecified atom stereocenters. The van der Waals surface area contributed by atoms with Crippen molar-refractivity contribution in [3.05, 3.63) is 23.8 Å². The second-order valence-electron chi connectivity index (χ2n) is 4.86. The van der Waals surface area contributed by atoms with E-state index in [1.165, 1.54) is 0 Å². The fraction of sp³-hybridized carbons (Fsp3) is 0.571. The van der Waals surface area contributed by atoms with Gasteiger partial charge in [-0.15, -0.1) is 0 Å². The minimum absolute atomic E-state index is 0.0652. The van der Waals surface area contributed by atoms with Crippen molar-refractivity contribution in [2.24, 2.45) is 0 Å². The van der Waals surface area contributed by atoms with Gasteiger partial charge in [0.1, 0.15) is 0 Å². The first-order valence-corrected chi connectivity index (χ1v) is 6.65. The maximum atomic E-state index is 12.0. The van der Waals surface area contributed by atoms with Crippen LogP contribution < -0.4 is 14.8 Å². The molecule has 0 aromatic heterocycles. The second kappa shape index (κ2) is 6.35. The molecule has 6 heteroatoms. The fourth-order valence-electron chi connectivity index (χ4n) is 2.07. The maximum absolute atomic E-state index is 12.0. The van der Waals surface area contributed by atoms with Crippen LogP contribution in [0.1, 0.15) is 37.8 Å². The molecule has 112 valence electrons. The van der Waals surface area contributed by atoms with Gasteiger partial charge in [0.25, 0.3) is 0 Å². The number of fused-ring (bicyclic) bond motifs is 1. The monoisotopic (exact) mass is 289 g/mol. The highest BCUT2D eigenvalue weighted by molar-refractivity contribution is 5.45. The Labute approximate surface area is 116 Å². The average Bonchev–Trinajstić information content (AvgIpc) is 2.83. The van der Waals surface area contributed by atoms with E-state index in [-0.39, 0.29) is 19.3 Å². The number of hydrogen-bond acceptors (Lipinski definition) is 3. The number of halogens is 3. The van der Waals surface area contributed by atoms with Gasteiger partial charge in [0.05, 0.1) is 0 Å². The van der Waals surface area contributed by atoms with Crippen LogP contribution in [0.15, 0.2) is 18.2 Å². The molecule has 2 rings (SSSR count). The summed E-state index contributed by atoms with van der Waals surface area (Å²) in [6, 6.07) is 5.74. The van der Waals surface area contributed by atoms with Crippen molar-refractivity contribution >= 4 is 0 Å². The largest absolute Gasteiger partial charge is 0.454 e. The number of nitrogens with one attached hydrogen (secondary N) is 1. The number of ether oxygens (including phenoxy) is 2. The van der Waals surface area contributed by atoms with E-state index >= 15 is 0 Å². The zero-order chi connectivity index (χ0) is 14.6. The maximum Gasteiger partial charge on any atom is 0.389 e. The molecule has 1 aliphatic heterocycles. The first kappa shape index (κ1) is 15.0. The van der Waals surface area contributed by atoms with Crippen LogP contribution in [-0.2, 0) is 0 Å². The van der Waals surface area contributed by atoms with Gasteiger partial charge in [-0.25, -0.2) is 0 Å². The first-order valence-electron chi connectivity index (χ1n) is 6.65. The lowest BCUT2D eigenvalue weighted by molar-refractivity contribution is -0.135. The lowest BCUT2D eigenvalue weighted by Crippen LogP contribution is -2.20. The molecular weight excluding hydrogens is 271 g/mol. The van der Waals surface area contributed by atoms with Crippen LogP contribution in [0.2, 0.25) is 0 Å². The molecule has 20 heavy (non-hydrogen) atoms. The third-order valence-corrected chi connectivity index (χ3v) is 3.23. The topological polar surface area (TPSA) is 30.5 Å². The van der Waals surface area contributed by atoms with Crippen molar-refractivity contribution in [1.29, 1.82) is 0 Å². The molecule has 0 fully saturated rings. The van der Waals surface area contributed by atoms with E-state index in [1.54, 1.807) is 0 Å². The molecule has 1 heterocycles. The third kappa shape index (κ3) is 4.30. The summed E-state index contributed by atoms with van der Waals surface area (Å²) in [4.78, 5) is 0. The molecule has 0 radical (unpaired) electrons. The molecule has 3 nitrogen and oxygen atoms in total. The van der Waals surface area contributed by atoms with Gasteiger partial charge in [-0.05, 0) is 44.0 Å². The molecule has 1 aromatic rings. The van der Waals surface area contributed by atoms with Crippen LogP contribution in [0, 0.1) is 0 Å². The van der Waals surface area contributed by atoms with Crippen LogP contribution >= 0.6 is 0 Å². The van der Waals surface area contributed by atoms with Crippen molar-refractivity contribution in [2.45, 2.75) is 38.4 Å². The normalized spacial score (nSPS) is 15.4. The molecule has 0 bridgehead atoms. The Hall–Kier alpha value is -1.43. The van der Waals surface area contributed by atoms with Gasteiger partial charge in [-0.1, -0.05) is 6.07 Å². The van der Waals surface area contributed by atoms with E-state index in [9.17, 15) is 13.2 Å². The summed E-state index contributed by atoms with van der Waals surface area (Å²) in [5.74, 6) is 1.44. The highest BCUT2D eigenvalue weighted by Gasteiger charge is 2.25. The molecule has 0 amide bonds. The molecule has 0 saturated heterocycles. The van der Waals surface area contributed by atoms with Gasteiger partial charge < -0.3 is 14.8 Å². The number of alkyl halides is 3. The van der Waals surface area contributed by atoms with Crippen LogP contribution in [0.5, 0.6) is 11.5 Å². The lowest BCUT2D eigenvalue weighted by atomic mass is 10.1. The van der Waals surface area contributed by atoms with Crippen LogP contribution in [-0.4, -0.2) is 19.5 Å². The third-order valence-electron chi connectivity index (χ3n) is 3.23. The molecule has 1 aromatic carbocycles. The van der Waals surface area contributed by atoms with Crippen LogP contribution in [0.4, 0.5) is 13.2 Å². The van der Waals surface area contributed by atoms with Gasteiger partial charge in [0.2, 0.25) is 6.79 Å². The highest BCUT2D eigenvalue weighted by atomic mass is 19.4. The number of rotatable bonds is 6. The van der Waals surface area contributed by atoms with E-state index in [0.29, 0.717) is 18.7 Å². The summed E-state index contributed by atoms with van der Waals surface area (Å²) in [6.45, 7) is 2.77. The van der Waals surface area contributed by atoms with Crippen molar-refractivity contribution in [3.8, 4) is 11.5 Å². The van der Waals surface area contributed by atoms with E-state index in [0.717, 1.165) is 11.3 Å². The Morgan fingerprint density at radius 2 is 1.95 bits per heavy atom. The fourth-order valence-corrected chi connectivity index (χ4v) is 2.07. The Bertz CT molecular complexity index is 449. The van der Waals surface area contributed by atoms with Crippen LogP contribution in [0.3, 0.4) is 0 Å². The quantitative estimate of drug-likeness (QED) is 0.808. The molecule has 1 atom stereocenters. The number of benzene rings is 1. The van der Waals surface area contributed by atoms with Crippen molar-refractivity contribution < 1.29 is 22.6 Å². The van der Waals surface area contributed by atoms with E-state index < -0.39 is 12.6 Å². The predicted molar refractivity (Wildman–Crippen MR) is 68.9 cm³/mol. The molecule has 0 spiro atoms. The Morgan fingerprint density at radius 3 is 2.70 bits per heavy atom. The lowest BCUT2D eigenvalue weighted by Gasteiger charge is -2.15. The summed E-state index contributed by atoms with van der Waals surface area (Å²) < 4.78 is 46.5. The first-order chi connectivity index (χ1) is 9.46. The summed E-state index contributed by atoms with van der Waals surface area (Å²) in [7, 11) is 0. The minimum Gasteiger partial charge on any atom is -0.454 e. The second-order valence-corrected chi connectivity index (χ2v) is 4.86. The molecule has 0 saturated carbocycles. The minimum atomic E-state index is -4.05. The van der Waals surface area contributed by atoms with Gasteiger partial charge in [-0.2, -0.15) is 13.2 Å². The van der Waals surface area contributed by atoms with Crippen molar-refractivity contribution in [3.63, 3.8) is 0 Å². The number of hydrogen-bond donors (Lipinski definition) is 1. The van der Waals surface area contributed by atoms with E-state index in [2.05, 4.69) is 5.32 Å². The molecule has 1 aliphatic rings.